The lowest BCUT2D eigenvalue weighted by molar-refractivity contribution is -0.246. The van der Waals surface area contributed by atoms with E-state index in [1.54, 1.807) is 6.92 Å². The van der Waals surface area contributed by atoms with Gasteiger partial charge in [0.1, 0.15) is 6.54 Å². The van der Waals surface area contributed by atoms with E-state index in [0.717, 1.165) is 38.5 Å². The number of esters is 1. The SMILES string of the molecule is C=C(C)[C@@H]1CC[C@]2(C(=O)NCC(=O)OCC)CC[C@]3(C)[C@H](CC[C@@H]4[C@@]5(C)CC[C@H](O)C(C)(C)[C@@H]5CC[C@]43C)[C@@H]12. The van der Waals surface area contributed by atoms with E-state index in [9.17, 15) is 14.7 Å². The van der Waals surface area contributed by atoms with E-state index in [-0.39, 0.29) is 52.1 Å². The molecule has 0 heterocycles. The van der Waals surface area contributed by atoms with Gasteiger partial charge in [0.2, 0.25) is 5.91 Å². The van der Waals surface area contributed by atoms with Crippen LogP contribution in [0.2, 0.25) is 0 Å². The molecule has 1 amide bonds. The fraction of sp³-hybridized carbons (Fsp3) is 0.882. The summed E-state index contributed by atoms with van der Waals surface area (Å²) in [7, 11) is 0. The van der Waals surface area contributed by atoms with Gasteiger partial charge in [-0.2, -0.15) is 0 Å². The first-order valence-corrected chi connectivity index (χ1v) is 16.0. The minimum Gasteiger partial charge on any atom is -0.465 e. The standard InChI is InChI=1S/C34H55NO4/c1-9-39-27(37)20-35-29(38)34-17-12-22(21(2)3)28(34)23-10-11-25-31(6)15-14-26(36)30(4,5)24(31)13-16-33(25,8)32(23,7)18-19-34/h22-26,28,36H,2,9-20H2,1,3-8H3,(H,35,38)/t22-,23+,24-,25+,26-,28+,31-,32+,33+,34-/m0/s1. The monoisotopic (exact) mass is 541 g/mol. The summed E-state index contributed by atoms with van der Waals surface area (Å²) in [4.78, 5) is 26.1. The summed E-state index contributed by atoms with van der Waals surface area (Å²) in [5.74, 6) is 2.03. The Morgan fingerprint density at radius 2 is 1.62 bits per heavy atom. The fourth-order valence-electron chi connectivity index (χ4n) is 12.1. The predicted molar refractivity (Wildman–Crippen MR) is 155 cm³/mol. The molecular weight excluding hydrogens is 486 g/mol. The van der Waals surface area contributed by atoms with Crippen LogP contribution >= 0.6 is 0 Å². The van der Waals surface area contributed by atoms with E-state index in [4.69, 9.17) is 4.74 Å². The maximum absolute atomic E-state index is 14.0. The average Bonchev–Trinajstić information content (AvgIpc) is 3.27. The van der Waals surface area contributed by atoms with Crippen LogP contribution in [0.3, 0.4) is 0 Å². The van der Waals surface area contributed by atoms with Crippen molar-refractivity contribution in [3.63, 3.8) is 0 Å². The number of aliphatic hydroxyl groups excluding tert-OH is 1. The van der Waals surface area contributed by atoms with Gasteiger partial charge in [0.05, 0.1) is 18.1 Å². The highest BCUT2D eigenvalue weighted by Gasteiger charge is 2.71. The minimum absolute atomic E-state index is 0.0397. The van der Waals surface area contributed by atoms with Gasteiger partial charge in [-0.05, 0) is 129 Å². The normalized spacial score (nSPS) is 48.1. The first-order chi connectivity index (χ1) is 18.2. The van der Waals surface area contributed by atoms with Crippen LogP contribution in [0.15, 0.2) is 12.2 Å². The molecule has 10 atom stereocenters. The summed E-state index contributed by atoms with van der Waals surface area (Å²) in [5.41, 5.74) is 1.39. The van der Waals surface area contributed by atoms with Crippen LogP contribution in [0.1, 0.15) is 113 Å². The van der Waals surface area contributed by atoms with Gasteiger partial charge >= 0.3 is 5.97 Å². The summed E-state index contributed by atoms with van der Waals surface area (Å²) in [5, 5.41) is 14.0. The molecule has 0 radical (unpaired) electrons. The van der Waals surface area contributed by atoms with Gasteiger partial charge in [-0.15, -0.1) is 0 Å². The lowest BCUT2D eigenvalue weighted by atomic mass is 9.32. The van der Waals surface area contributed by atoms with Crippen molar-refractivity contribution in [3.05, 3.63) is 12.2 Å². The van der Waals surface area contributed by atoms with Crippen molar-refractivity contribution in [1.82, 2.24) is 5.32 Å². The second kappa shape index (κ2) is 9.60. The van der Waals surface area contributed by atoms with E-state index in [1.165, 1.54) is 31.3 Å². The molecule has 39 heavy (non-hydrogen) atoms. The average molecular weight is 542 g/mol. The number of ether oxygens (including phenoxy) is 1. The Kier molecular flexibility index (Phi) is 7.17. The van der Waals surface area contributed by atoms with Crippen LogP contribution < -0.4 is 5.32 Å². The highest BCUT2D eigenvalue weighted by Crippen LogP contribution is 2.77. The lowest BCUT2D eigenvalue weighted by Crippen LogP contribution is -2.67. The van der Waals surface area contributed by atoms with Crippen LogP contribution in [0, 0.1) is 56.7 Å². The number of carbonyl (C=O) groups is 2. The Morgan fingerprint density at radius 1 is 0.897 bits per heavy atom. The molecule has 5 fully saturated rings. The van der Waals surface area contributed by atoms with E-state index >= 15 is 0 Å². The topological polar surface area (TPSA) is 75.6 Å². The first-order valence-electron chi connectivity index (χ1n) is 16.0. The van der Waals surface area contributed by atoms with Gasteiger partial charge < -0.3 is 15.2 Å². The Hall–Kier alpha value is -1.36. The highest BCUT2D eigenvalue weighted by atomic mass is 16.5. The quantitative estimate of drug-likeness (QED) is 0.301. The molecular formula is C34H55NO4. The van der Waals surface area contributed by atoms with Crippen molar-refractivity contribution in [1.29, 1.82) is 0 Å². The maximum Gasteiger partial charge on any atom is 0.325 e. The Morgan fingerprint density at radius 3 is 2.28 bits per heavy atom. The molecule has 220 valence electrons. The third-order valence-electron chi connectivity index (χ3n) is 14.2. The zero-order chi connectivity index (χ0) is 28.6. The lowest BCUT2D eigenvalue weighted by Gasteiger charge is -2.72. The molecule has 0 aromatic rings. The van der Waals surface area contributed by atoms with Crippen LogP contribution in [0.25, 0.3) is 0 Å². The molecule has 0 spiro atoms. The second-order valence-electron chi connectivity index (χ2n) is 15.7. The molecule has 5 aliphatic carbocycles. The van der Waals surface area contributed by atoms with E-state index in [1.807, 2.05) is 0 Å². The molecule has 0 saturated heterocycles. The van der Waals surface area contributed by atoms with Crippen molar-refractivity contribution in [2.45, 2.75) is 119 Å². The molecule has 5 nitrogen and oxygen atoms in total. The molecule has 0 aromatic carbocycles. The largest absolute Gasteiger partial charge is 0.465 e. The van der Waals surface area contributed by atoms with Crippen LogP contribution in [-0.2, 0) is 14.3 Å². The number of carbonyl (C=O) groups excluding carboxylic acids is 2. The number of allylic oxidation sites excluding steroid dienone is 1. The van der Waals surface area contributed by atoms with Crippen molar-refractivity contribution >= 4 is 11.9 Å². The zero-order valence-electron chi connectivity index (χ0n) is 25.8. The summed E-state index contributed by atoms with van der Waals surface area (Å²) >= 11 is 0. The van der Waals surface area contributed by atoms with Gasteiger partial charge in [0, 0.05) is 0 Å². The number of nitrogens with one attached hydrogen (secondary N) is 1. The molecule has 5 aliphatic rings. The van der Waals surface area contributed by atoms with Crippen molar-refractivity contribution in [2.24, 2.45) is 56.7 Å². The molecule has 0 aliphatic heterocycles. The Bertz CT molecular complexity index is 1020. The smallest absolute Gasteiger partial charge is 0.325 e. The van der Waals surface area contributed by atoms with Crippen molar-refractivity contribution in [2.75, 3.05) is 13.2 Å². The van der Waals surface area contributed by atoms with Gasteiger partial charge in [0.15, 0.2) is 0 Å². The van der Waals surface area contributed by atoms with Gasteiger partial charge in [0.25, 0.3) is 0 Å². The third kappa shape index (κ3) is 3.94. The third-order valence-corrected chi connectivity index (χ3v) is 14.2. The zero-order valence-corrected chi connectivity index (χ0v) is 25.8. The summed E-state index contributed by atoms with van der Waals surface area (Å²) in [6, 6.07) is 0. The fourth-order valence-corrected chi connectivity index (χ4v) is 12.1. The Labute approximate surface area is 237 Å². The molecule has 2 N–H and O–H groups in total. The van der Waals surface area contributed by atoms with Crippen molar-refractivity contribution < 1.29 is 19.4 Å². The van der Waals surface area contributed by atoms with Crippen molar-refractivity contribution in [3.8, 4) is 0 Å². The molecule has 0 unspecified atom stereocenters. The van der Waals surface area contributed by atoms with E-state index in [2.05, 4.69) is 53.4 Å². The Balaban J connectivity index is 1.49. The van der Waals surface area contributed by atoms with E-state index in [0.29, 0.717) is 30.3 Å². The van der Waals surface area contributed by atoms with E-state index < -0.39 is 5.41 Å². The summed E-state index contributed by atoms with van der Waals surface area (Å²) < 4.78 is 5.11. The number of fused-ring (bicyclic) bond motifs is 7. The van der Waals surface area contributed by atoms with Crippen LogP contribution in [0.4, 0.5) is 0 Å². The molecule has 0 bridgehead atoms. The molecule has 5 saturated carbocycles. The molecule has 5 heteroatoms. The summed E-state index contributed by atoms with van der Waals surface area (Å²) in [6.07, 6.45) is 10.5. The van der Waals surface area contributed by atoms with Gasteiger partial charge in [-0.25, -0.2) is 0 Å². The summed E-state index contributed by atoms with van der Waals surface area (Å²) in [6.45, 7) is 21.1. The second-order valence-corrected chi connectivity index (χ2v) is 15.7. The number of aliphatic hydroxyl groups is 1. The van der Waals surface area contributed by atoms with Gasteiger partial charge in [-0.1, -0.05) is 46.8 Å². The minimum atomic E-state index is -0.415. The number of amides is 1. The number of hydrogen-bond acceptors (Lipinski definition) is 4. The number of rotatable bonds is 5. The molecule has 0 aromatic heterocycles. The number of hydrogen-bond donors (Lipinski definition) is 2. The first kappa shape index (κ1) is 29.1. The van der Waals surface area contributed by atoms with Gasteiger partial charge in [-0.3, -0.25) is 9.59 Å². The molecule has 5 rings (SSSR count). The highest BCUT2D eigenvalue weighted by molar-refractivity contribution is 5.87. The predicted octanol–water partition coefficient (Wildman–Crippen LogP) is 6.68. The maximum atomic E-state index is 14.0. The van der Waals surface area contributed by atoms with Crippen LogP contribution in [-0.4, -0.2) is 36.2 Å². The van der Waals surface area contributed by atoms with Crippen LogP contribution in [0.5, 0.6) is 0 Å².